The van der Waals surface area contributed by atoms with Gasteiger partial charge in [0.05, 0.1) is 0 Å². The number of hydrogen-bond donors (Lipinski definition) is 0. The first-order valence-electron chi connectivity index (χ1n) is 10.3. The van der Waals surface area contributed by atoms with Crippen molar-refractivity contribution in [1.82, 2.24) is 0 Å². The van der Waals surface area contributed by atoms with Crippen LogP contribution in [-0.2, 0) is 0 Å². The summed E-state index contributed by atoms with van der Waals surface area (Å²) < 4.78 is 0. The van der Waals surface area contributed by atoms with E-state index in [9.17, 15) is 0 Å². The van der Waals surface area contributed by atoms with Gasteiger partial charge in [-0.15, -0.1) is 0 Å². The molecule has 3 aromatic rings. The topological polar surface area (TPSA) is 0 Å². The highest BCUT2D eigenvalue weighted by Gasteiger charge is 2.17. The van der Waals surface area contributed by atoms with E-state index in [0.717, 1.165) is 0 Å². The lowest BCUT2D eigenvalue weighted by Gasteiger charge is -2.23. The van der Waals surface area contributed by atoms with E-state index < -0.39 is 0 Å². The minimum absolute atomic E-state index is 0.542. The van der Waals surface area contributed by atoms with Gasteiger partial charge < -0.3 is 0 Å². The van der Waals surface area contributed by atoms with Crippen LogP contribution in [0.15, 0.2) is 103 Å². The van der Waals surface area contributed by atoms with E-state index in [-0.39, 0.29) is 0 Å². The van der Waals surface area contributed by atoms with Gasteiger partial charge in [-0.25, -0.2) is 0 Å². The third-order valence-electron chi connectivity index (χ3n) is 5.84. The fourth-order valence-corrected chi connectivity index (χ4v) is 4.10. The predicted octanol–water partition coefficient (Wildman–Crippen LogP) is 7.80. The molecule has 0 radical (unpaired) electrons. The Kier molecular flexibility index (Phi) is 5.30. The van der Waals surface area contributed by atoms with E-state index in [2.05, 4.69) is 118 Å². The molecule has 0 heterocycles. The number of benzene rings is 3. The van der Waals surface area contributed by atoms with Gasteiger partial charge in [0.15, 0.2) is 0 Å². The Balaban J connectivity index is 0.000000139. The molecular formula is C28H28. The molecule has 0 saturated carbocycles. The van der Waals surface area contributed by atoms with Gasteiger partial charge in [0.1, 0.15) is 0 Å². The molecular weight excluding hydrogens is 336 g/mol. The third-order valence-corrected chi connectivity index (χ3v) is 5.84. The number of aryl methyl sites for hydroxylation is 1. The van der Waals surface area contributed by atoms with Crippen LogP contribution < -0.4 is 0 Å². The molecule has 0 spiro atoms. The maximum absolute atomic E-state index is 2.40. The van der Waals surface area contributed by atoms with Crippen LogP contribution in [0.4, 0.5) is 0 Å². The van der Waals surface area contributed by atoms with Crippen molar-refractivity contribution in [2.75, 3.05) is 0 Å². The van der Waals surface area contributed by atoms with Crippen LogP contribution in [-0.4, -0.2) is 0 Å². The van der Waals surface area contributed by atoms with Gasteiger partial charge in [0.2, 0.25) is 0 Å². The van der Waals surface area contributed by atoms with Gasteiger partial charge in [-0.3, -0.25) is 0 Å². The summed E-state index contributed by atoms with van der Waals surface area (Å²) in [6.45, 7) is 6.74. The summed E-state index contributed by atoms with van der Waals surface area (Å²) in [4.78, 5) is 0. The van der Waals surface area contributed by atoms with E-state index in [1.807, 2.05) is 0 Å². The Morgan fingerprint density at radius 3 is 2.04 bits per heavy atom. The standard InChI is InChI=1S/C15H12.C13H16/c1-11-14-8-4-2-6-12(14)10-13-7-3-5-9-15(11)13;1-10(2)12-8-7-11-5-3-4-6-13(11)9-12/h2-10H,1H3;3-12H,1-2H3. The first-order chi connectivity index (χ1) is 13.6. The van der Waals surface area contributed by atoms with Gasteiger partial charge >= 0.3 is 0 Å². The maximum Gasteiger partial charge on any atom is 0.0199 e. The highest BCUT2D eigenvalue weighted by molar-refractivity contribution is 6.01. The Hall–Kier alpha value is -2.86. The summed E-state index contributed by atoms with van der Waals surface area (Å²) in [5.74, 6) is 1.88. The molecule has 2 aliphatic rings. The lowest BCUT2D eigenvalue weighted by Crippen LogP contribution is -2.11. The van der Waals surface area contributed by atoms with Crippen molar-refractivity contribution in [2.45, 2.75) is 20.8 Å². The van der Waals surface area contributed by atoms with Crippen LogP contribution in [0.5, 0.6) is 0 Å². The van der Waals surface area contributed by atoms with Gasteiger partial charge in [-0.1, -0.05) is 105 Å². The third kappa shape index (κ3) is 3.73. The summed E-state index contributed by atoms with van der Waals surface area (Å²) in [5, 5.41) is 5.37. The fraction of sp³-hybridized carbons (Fsp3) is 0.214. The summed E-state index contributed by atoms with van der Waals surface area (Å²) in [6, 6.07) is 19.4. The van der Waals surface area contributed by atoms with E-state index in [1.165, 1.54) is 32.7 Å². The van der Waals surface area contributed by atoms with Crippen LogP contribution in [0, 0.1) is 24.7 Å². The second kappa shape index (κ2) is 8.02. The van der Waals surface area contributed by atoms with Crippen molar-refractivity contribution in [3.63, 3.8) is 0 Å². The largest absolute Gasteiger partial charge is 0.0804 e. The Morgan fingerprint density at radius 1 is 0.750 bits per heavy atom. The second-order valence-corrected chi connectivity index (χ2v) is 8.09. The van der Waals surface area contributed by atoms with E-state index in [1.54, 1.807) is 0 Å². The number of rotatable bonds is 1. The highest BCUT2D eigenvalue weighted by atomic mass is 14.2. The summed E-state index contributed by atoms with van der Waals surface area (Å²) >= 11 is 0. The average molecular weight is 365 g/mol. The van der Waals surface area contributed by atoms with Crippen molar-refractivity contribution in [1.29, 1.82) is 0 Å². The van der Waals surface area contributed by atoms with Gasteiger partial charge in [0, 0.05) is 5.92 Å². The van der Waals surface area contributed by atoms with Crippen molar-refractivity contribution in [2.24, 2.45) is 17.8 Å². The summed E-state index contributed by atoms with van der Waals surface area (Å²) in [5.41, 5.74) is 2.84. The molecule has 0 nitrogen and oxygen atoms in total. The normalized spacial score (nSPS) is 20.1. The number of fused-ring (bicyclic) bond motifs is 3. The smallest absolute Gasteiger partial charge is 0.0199 e. The molecule has 0 fully saturated rings. The minimum atomic E-state index is 0.542. The van der Waals surface area contributed by atoms with Crippen molar-refractivity contribution >= 4 is 21.5 Å². The maximum atomic E-state index is 2.40. The van der Waals surface area contributed by atoms with Crippen LogP contribution in [0.3, 0.4) is 0 Å². The second-order valence-electron chi connectivity index (χ2n) is 8.09. The van der Waals surface area contributed by atoms with Gasteiger partial charge in [-0.2, -0.15) is 0 Å². The monoisotopic (exact) mass is 364 g/mol. The zero-order chi connectivity index (χ0) is 19.5. The molecule has 0 aromatic heterocycles. The molecule has 5 rings (SSSR count). The molecule has 0 saturated heterocycles. The first-order valence-corrected chi connectivity index (χ1v) is 10.3. The molecule has 0 amide bonds. The van der Waals surface area contributed by atoms with Gasteiger partial charge in [-0.05, 0) is 57.5 Å². The van der Waals surface area contributed by atoms with E-state index in [4.69, 9.17) is 0 Å². The van der Waals surface area contributed by atoms with E-state index in [0.29, 0.717) is 17.8 Å². The quantitative estimate of drug-likeness (QED) is 0.305. The summed E-state index contributed by atoms with van der Waals surface area (Å²) in [7, 11) is 0. The molecule has 0 N–H and O–H groups in total. The molecule has 2 atom stereocenters. The lowest BCUT2D eigenvalue weighted by atomic mass is 9.82. The van der Waals surface area contributed by atoms with Crippen molar-refractivity contribution in [3.05, 3.63) is 108 Å². The number of hydrogen-bond acceptors (Lipinski definition) is 0. The first kappa shape index (κ1) is 18.5. The highest BCUT2D eigenvalue weighted by Crippen LogP contribution is 2.30. The lowest BCUT2D eigenvalue weighted by molar-refractivity contribution is 0.538. The molecule has 140 valence electrons. The molecule has 3 aromatic carbocycles. The molecule has 0 aliphatic heterocycles. The van der Waals surface area contributed by atoms with Crippen molar-refractivity contribution in [3.8, 4) is 0 Å². The molecule has 0 heteroatoms. The van der Waals surface area contributed by atoms with Crippen LogP contribution in [0.2, 0.25) is 0 Å². The Labute approximate surface area is 168 Å². The SMILES string of the molecule is CC(C)C1C=CC2C=CC=CC2=C1.Cc1c2ccccc2cc2ccccc12. The molecule has 28 heavy (non-hydrogen) atoms. The summed E-state index contributed by atoms with van der Waals surface area (Å²) in [6.07, 6.45) is 15.8. The average Bonchev–Trinajstić information content (AvgIpc) is 2.74. The minimum Gasteiger partial charge on any atom is -0.0804 e. The zero-order valence-corrected chi connectivity index (χ0v) is 17.0. The van der Waals surface area contributed by atoms with Gasteiger partial charge in [0.25, 0.3) is 0 Å². The molecule has 2 aliphatic carbocycles. The predicted molar refractivity (Wildman–Crippen MR) is 124 cm³/mol. The van der Waals surface area contributed by atoms with Crippen LogP contribution in [0.1, 0.15) is 19.4 Å². The Morgan fingerprint density at radius 2 is 1.39 bits per heavy atom. The van der Waals surface area contributed by atoms with Crippen molar-refractivity contribution < 1.29 is 0 Å². The molecule has 2 unspecified atom stereocenters. The number of allylic oxidation sites excluding steroid dienone is 8. The van der Waals surface area contributed by atoms with Crippen LogP contribution >= 0.6 is 0 Å². The Bertz CT molecular complexity index is 1050. The fourth-order valence-electron chi connectivity index (χ4n) is 4.10. The molecule has 0 bridgehead atoms. The van der Waals surface area contributed by atoms with Crippen LogP contribution in [0.25, 0.3) is 21.5 Å². The zero-order valence-electron chi connectivity index (χ0n) is 17.0. The van der Waals surface area contributed by atoms with E-state index >= 15 is 0 Å².